The minimum absolute atomic E-state index is 0.951. The summed E-state index contributed by atoms with van der Waals surface area (Å²) in [6.07, 6.45) is 4.89. The van der Waals surface area contributed by atoms with E-state index in [0.717, 1.165) is 12.2 Å². The molecule has 1 aliphatic carbocycles. The third kappa shape index (κ3) is 0.859. The van der Waals surface area contributed by atoms with Gasteiger partial charge in [-0.05, 0) is 26.2 Å². The Labute approximate surface area is 61.0 Å². The van der Waals surface area contributed by atoms with Crippen LogP contribution >= 0.6 is 0 Å². The fourth-order valence-corrected chi connectivity index (χ4v) is 1.55. The molecule has 10 heavy (non-hydrogen) atoms. The van der Waals surface area contributed by atoms with Crippen molar-refractivity contribution in [1.82, 2.24) is 0 Å². The highest BCUT2D eigenvalue weighted by atomic mass is 16.3. The van der Waals surface area contributed by atoms with Crippen molar-refractivity contribution in [2.75, 3.05) is 0 Å². The molecule has 1 radical (unpaired) electrons. The van der Waals surface area contributed by atoms with Gasteiger partial charge in [-0.15, -0.1) is 0 Å². The summed E-state index contributed by atoms with van der Waals surface area (Å²) >= 11 is 0. The predicted octanol–water partition coefficient (Wildman–Crippen LogP) is 2.27. The molecule has 0 aliphatic heterocycles. The largest absolute Gasteiger partial charge is 0.465 e. The zero-order chi connectivity index (χ0) is 6.97. The molecule has 1 heteroatoms. The minimum atomic E-state index is 0.951. The first-order valence-corrected chi connectivity index (χ1v) is 3.87. The van der Waals surface area contributed by atoms with Crippen LogP contribution in [-0.4, -0.2) is 0 Å². The predicted molar refractivity (Wildman–Crippen MR) is 38.9 cm³/mol. The summed E-state index contributed by atoms with van der Waals surface area (Å²) < 4.78 is 5.45. The van der Waals surface area contributed by atoms with Crippen LogP contribution in [0, 0.1) is 13.0 Å². The van der Waals surface area contributed by atoms with Crippen molar-refractivity contribution in [2.45, 2.75) is 32.6 Å². The number of fused-ring (bicyclic) bond motifs is 1. The lowest BCUT2D eigenvalue weighted by atomic mass is 9.99. The lowest BCUT2D eigenvalue weighted by Crippen LogP contribution is -1.97. The third-order valence-electron chi connectivity index (χ3n) is 2.02. The van der Waals surface area contributed by atoms with E-state index in [2.05, 4.69) is 6.07 Å². The van der Waals surface area contributed by atoms with Gasteiger partial charge < -0.3 is 4.42 Å². The monoisotopic (exact) mass is 135 g/mol. The van der Waals surface area contributed by atoms with E-state index in [4.69, 9.17) is 4.42 Å². The number of furan rings is 1. The van der Waals surface area contributed by atoms with E-state index in [9.17, 15) is 0 Å². The van der Waals surface area contributed by atoms with Crippen LogP contribution in [0.15, 0.2) is 4.42 Å². The van der Waals surface area contributed by atoms with Crippen molar-refractivity contribution in [1.29, 1.82) is 0 Å². The van der Waals surface area contributed by atoms with Crippen molar-refractivity contribution in [3.05, 3.63) is 23.2 Å². The summed E-state index contributed by atoms with van der Waals surface area (Å²) in [5.41, 5.74) is 1.32. The quantitative estimate of drug-likeness (QED) is 0.532. The van der Waals surface area contributed by atoms with E-state index in [1.54, 1.807) is 0 Å². The molecule has 0 saturated carbocycles. The molecule has 0 amide bonds. The van der Waals surface area contributed by atoms with Gasteiger partial charge in [-0.2, -0.15) is 0 Å². The number of rotatable bonds is 0. The lowest BCUT2D eigenvalue weighted by Gasteiger charge is -2.06. The Morgan fingerprint density at radius 3 is 2.90 bits per heavy atom. The van der Waals surface area contributed by atoms with Gasteiger partial charge in [0, 0.05) is 18.1 Å². The van der Waals surface area contributed by atoms with Crippen molar-refractivity contribution in [3.8, 4) is 0 Å². The average Bonchev–Trinajstić information content (AvgIpc) is 2.27. The van der Waals surface area contributed by atoms with Gasteiger partial charge in [0.1, 0.15) is 11.5 Å². The first kappa shape index (κ1) is 6.02. The molecule has 2 rings (SSSR count). The van der Waals surface area contributed by atoms with E-state index < -0.39 is 0 Å². The molecule has 0 N–H and O–H groups in total. The van der Waals surface area contributed by atoms with Crippen LogP contribution < -0.4 is 0 Å². The fraction of sp³-hybridized carbons (Fsp3) is 0.556. The van der Waals surface area contributed by atoms with Crippen molar-refractivity contribution < 1.29 is 4.42 Å². The average molecular weight is 135 g/mol. The van der Waals surface area contributed by atoms with Crippen LogP contribution in [0.2, 0.25) is 0 Å². The van der Waals surface area contributed by atoms with E-state index in [1.807, 2.05) is 6.92 Å². The van der Waals surface area contributed by atoms with Crippen LogP contribution in [0.25, 0.3) is 0 Å². The van der Waals surface area contributed by atoms with Gasteiger partial charge in [0.05, 0.1) is 0 Å². The molecule has 0 saturated heterocycles. The van der Waals surface area contributed by atoms with Crippen LogP contribution in [0.5, 0.6) is 0 Å². The topological polar surface area (TPSA) is 13.1 Å². The molecule has 0 unspecified atom stereocenters. The van der Waals surface area contributed by atoms with Crippen LogP contribution in [0.1, 0.15) is 29.9 Å². The van der Waals surface area contributed by atoms with E-state index in [1.165, 1.54) is 30.6 Å². The molecule has 1 heterocycles. The second kappa shape index (κ2) is 2.15. The zero-order valence-corrected chi connectivity index (χ0v) is 6.24. The highest BCUT2D eigenvalue weighted by Crippen LogP contribution is 2.23. The van der Waals surface area contributed by atoms with Gasteiger partial charge in [0.2, 0.25) is 0 Å². The van der Waals surface area contributed by atoms with Crippen LogP contribution in [0.3, 0.4) is 0 Å². The van der Waals surface area contributed by atoms with Crippen LogP contribution in [0.4, 0.5) is 0 Å². The first-order chi connectivity index (χ1) is 4.86. The normalized spacial score (nSPS) is 16.9. The molecule has 1 aromatic heterocycles. The summed E-state index contributed by atoms with van der Waals surface area (Å²) in [5, 5.41) is 0. The second-order valence-corrected chi connectivity index (χ2v) is 2.89. The number of hydrogen-bond acceptors (Lipinski definition) is 1. The molecular formula is C9H11O. The SMILES string of the molecule is Cc1[c]c2c(o1)CCCC2. The molecule has 53 valence electrons. The summed E-state index contributed by atoms with van der Waals surface area (Å²) in [5.74, 6) is 2.13. The van der Waals surface area contributed by atoms with Gasteiger partial charge in [-0.1, -0.05) is 0 Å². The molecular weight excluding hydrogens is 124 g/mol. The Kier molecular flexibility index (Phi) is 1.30. The maximum atomic E-state index is 5.45. The molecule has 1 aromatic rings. The molecule has 0 spiro atoms. The molecule has 0 atom stereocenters. The molecule has 1 nitrogen and oxygen atoms in total. The fourth-order valence-electron chi connectivity index (χ4n) is 1.55. The van der Waals surface area contributed by atoms with Crippen molar-refractivity contribution in [3.63, 3.8) is 0 Å². The van der Waals surface area contributed by atoms with Gasteiger partial charge >= 0.3 is 0 Å². The van der Waals surface area contributed by atoms with Crippen molar-refractivity contribution in [2.24, 2.45) is 0 Å². The number of hydrogen-bond donors (Lipinski definition) is 0. The summed E-state index contributed by atoms with van der Waals surface area (Å²) in [6, 6.07) is 3.23. The Hall–Kier alpha value is -0.720. The Morgan fingerprint density at radius 1 is 1.30 bits per heavy atom. The van der Waals surface area contributed by atoms with Gasteiger partial charge in [0.25, 0.3) is 0 Å². The first-order valence-electron chi connectivity index (χ1n) is 3.87. The van der Waals surface area contributed by atoms with E-state index in [-0.39, 0.29) is 0 Å². The van der Waals surface area contributed by atoms with Gasteiger partial charge in [0.15, 0.2) is 0 Å². The highest BCUT2D eigenvalue weighted by Gasteiger charge is 2.13. The van der Waals surface area contributed by atoms with E-state index >= 15 is 0 Å². The molecule has 0 fully saturated rings. The summed E-state index contributed by atoms with van der Waals surface area (Å²) in [6.45, 7) is 1.97. The maximum absolute atomic E-state index is 5.45. The molecule has 0 bridgehead atoms. The smallest absolute Gasteiger partial charge is 0.109 e. The van der Waals surface area contributed by atoms with E-state index in [0.29, 0.717) is 0 Å². The second-order valence-electron chi connectivity index (χ2n) is 2.89. The minimum Gasteiger partial charge on any atom is -0.465 e. The lowest BCUT2D eigenvalue weighted by molar-refractivity contribution is 0.458. The highest BCUT2D eigenvalue weighted by molar-refractivity contribution is 5.21. The molecule has 1 aliphatic rings. The summed E-state index contributed by atoms with van der Waals surface area (Å²) in [7, 11) is 0. The summed E-state index contributed by atoms with van der Waals surface area (Å²) in [4.78, 5) is 0. The van der Waals surface area contributed by atoms with Gasteiger partial charge in [-0.3, -0.25) is 0 Å². The molecule has 0 aromatic carbocycles. The Balaban J connectivity index is 2.41. The Bertz CT molecular complexity index is 211. The van der Waals surface area contributed by atoms with Crippen LogP contribution in [-0.2, 0) is 12.8 Å². The standard InChI is InChI=1S/C9H11O/c1-7-6-8-4-2-3-5-9(8)10-7/h2-5H2,1H3. The van der Waals surface area contributed by atoms with Crippen molar-refractivity contribution >= 4 is 0 Å². The number of aryl methyl sites for hydroxylation is 3. The maximum Gasteiger partial charge on any atom is 0.109 e. The zero-order valence-electron chi connectivity index (χ0n) is 6.24. The Morgan fingerprint density at radius 2 is 2.10 bits per heavy atom. The third-order valence-corrected chi connectivity index (χ3v) is 2.02. The van der Waals surface area contributed by atoms with Gasteiger partial charge in [-0.25, -0.2) is 0 Å².